The number of carbonyl (C=O) groups excluding carboxylic acids is 1. The first-order valence-corrected chi connectivity index (χ1v) is 13.5. The normalized spacial score (nSPS) is 14.2. The van der Waals surface area contributed by atoms with E-state index in [1.54, 1.807) is 49.4 Å². The summed E-state index contributed by atoms with van der Waals surface area (Å²) in [5.74, 6) is 1.08. The predicted molar refractivity (Wildman–Crippen MR) is 148 cm³/mol. The van der Waals surface area contributed by atoms with Crippen LogP contribution >= 0.6 is 0 Å². The largest absolute Gasteiger partial charge is 0.490 e. The molecule has 0 atom stereocenters. The van der Waals surface area contributed by atoms with Gasteiger partial charge in [0.25, 0.3) is 0 Å². The van der Waals surface area contributed by atoms with Crippen LogP contribution in [0.15, 0.2) is 60.7 Å². The molecule has 2 amide bonds. The maximum Gasteiger partial charge on any atom is 0.327 e. The lowest BCUT2D eigenvalue weighted by atomic mass is 10.0. The average Bonchev–Trinajstić information content (AvgIpc) is 2.87. The molecule has 0 aliphatic carbocycles. The summed E-state index contributed by atoms with van der Waals surface area (Å²) < 4.78 is 35.1. The second-order valence-electron chi connectivity index (χ2n) is 9.17. The van der Waals surface area contributed by atoms with Crippen LogP contribution in [0.25, 0.3) is 10.8 Å². The van der Waals surface area contributed by atoms with Crippen molar-refractivity contribution in [1.82, 2.24) is 9.62 Å². The number of fused-ring (bicyclic) bond motifs is 1. The Kier molecular flexibility index (Phi) is 7.72. The molecule has 0 bridgehead atoms. The average molecular weight is 538 g/mol. The molecule has 0 radical (unpaired) electrons. The molecule has 1 heterocycles. The number of nitrogens with zero attached hydrogens (tertiary/aromatic N) is 2. The molecule has 3 aromatic carbocycles. The zero-order valence-corrected chi connectivity index (χ0v) is 21.8. The monoisotopic (exact) mass is 537 g/mol. The minimum absolute atomic E-state index is 0.00491. The topological polar surface area (TPSA) is 179 Å². The van der Waals surface area contributed by atoms with Crippen molar-refractivity contribution in [3.8, 4) is 5.75 Å². The Labute approximate surface area is 221 Å². The number of amidine groups is 2. The van der Waals surface area contributed by atoms with Crippen molar-refractivity contribution in [2.24, 2.45) is 11.5 Å². The lowest BCUT2D eigenvalue weighted by Crippen LogP contribution is -2.45. The summed E-state index contributed by atoms with van der Waals surface area (Å²) >= 11 is 0. The summed E-state index contributed by atoms with van der Waals surface area (Å²) in [6, 6.07) is 16.2. The highest BCUT2D eigenvalue weighted by atomic mass is 32.2. The number of hydrogen-bond acceptors (Lipinski definition) is 6. The molecule has 1 saturated heterocycles. The molecule has 7 N–H and O–H groups in total. The van der Waals surface area contributed by atoms with Crippen molar-refractivity contribution in [3.05, 3.63) is 71.8 Å². The van der Waals surface area contributed by atoms with E-state index in [1.807, 2.05) is 27.8 Å². The van der Waals surface area contributed by atoms with Gasteiger partial charge in [-0.25, -0.2) is 13.8 Å². The number of piperidine rings is 1. The number of nitrogen functional groups attached to an aromatic ring is 1. The van der Waals surface area contributed by atoms with Crippen molar-refractivity contribution in [2.75, 3.05) is 17.4 Å². The Morgan fingerprint density at radius 2 is 1.68 bits per heavy atom. The molecule has 1 fully saturated rings. The quantitative estimate of drug-likeness (QED) is 0.218. The second kappa shape index (κ2) is 11.0. The van der Waals surface area contributed by atoms with Gasteiger partial charge in [0.2, 0.25) is 0 Å². The Hall–Kier alpha value is -4.32. The van der Waals surface area contributed by atoms with Gasteiger partial charge < -0.3 is 21.1 Å². The number of primary amides is 1. The second-order valence-corrected chi connectivity index (χ2v) is 10.8. The number of amides is 2. The van der Waals surface area contributed by atoms with Gasteiger partial charge in [0.15, 0.2) is 0 Å². The fourth-order valence-corrected chi connectivity index (χ4v) is 5.50. The van der Waals surface area contributed by atoms with E-state index in [4.69, 9.17) is 27.0 Å². The SMILES string of the molecule is CC(=N)N1CCC(Oc2ccc(N(Cc3ccc4ccc(C(=N)N)cc4c3)S(=O)(=O)NC(N)=O)cc2)CC1. The van der Waals surface area contributed by atoms with Crippen molar-refractivity contribution in [1.29, 1.82) is 10.8 Å². The number of likely N-dealkylation sites (tertiary alicyclic amines) is 1. The number of nitrogens with two attached hydrogens (primary N) is 2. The van der Waals surface area contributed by atoms with Crippen LogP contribution in [0.1, 0.15) is 30.9 Å². The highest BCUT2D eigenvalue weighted by Crippen LogP contribution is 2.27. The maximum atomic E-state index is 13.1. The molecule has 0 aromatic heterocycles. The van der Waals surface area contributed by atoms with Crippen LogP contribution in [-0.2, 0) is 16.8 Å². The molecule has 3 aromatic rings. The molecule has 0 saturated carbocycles. The summed E-state index contributed by atoms with van der Waals surface area (Å²) in [7, 11) is -4.31. The number of anilines is 1. The van der Waals surface area contributed by atoms with E-state index in [9.17, 15) is 13.2 Å². The molecule has 200 valence electrons. The van der Waals surface area contributed by atoms with Gasteiger partial charge in [-0.3, -0.25) is 10.8 Å². The molecule has 0 unspecified atom stereocenters. The number of ether oxygens (including phenoxy) is 1. The van der Waals surface area contributed by atoms with Crippen molar-refractivity contribution in [3.63, 3.8) is 0 Å². The van der Waals surface area contributed by atoms with Crippen LogP contribution in [0.5, 0.6) is 5.75 Å². The third kappa shape index (κ3) is 6.32. The highest BCUT2D eigenvalue weighted by Gasteiger charge is 2.25. The Morgan fingerprint density at radius 1 is 1.03 bits per heavy atom. The van der Waals surface area contributed by atoms with Crippen LogP contribution in [0.4, 0.5) is 10.5 Å². The minimum atomic E-state index is -4.31. The number of carbonyl (C=O) groups is 1. The first kappa shape index (κ1) is 26.7. The number of rotatable bonds is 8. The lowest BCUT2D eigenvalue weighted by Gasteiger charge is -2.33. The van der Waals surface area contributed by atoms with Crippen LogP contribution in [0, 0.1) is 10.8 Å². The Morgan fingerprint density at radius 3 is 2.29 bits per heavy atom. The molecule has 0 spiro atoms. The third-order valence-electron chi connectivity index (χ3n) is 6.41. The number of benzene rings is 3. The summed E-state index contributed by atoms with van der Waals surface area (Å²) in [5.41, 5.74) is 12.3. The molecule has 1 aliphatic heterocycles. The first-order valence-electron chi connectivity index (χ1n) is 12.1. The van der Waals surface area contributed by atoms with Crippen molar-refractivity contribution >= 4 is 44.4 Å². The fourth-order valence-electron chi connectivity index (χ4n) is 4.42. The minimum Gasteiger partial charge on any atom is -0.490 e. The van der Waals surface area contributed by atoms with Gasteiger partial charge >= 0.3 is 16.2 Å². The Balaban J connectivity index is 1.57. The molecular formula is C26H31N7O4S. The van der Waals surface area contributed by atoms with Crippen LogP contribution < -0.4 is 25.2 Å². The van der Waals surface area contributed by atoms with E-state index in [2.05, 4.69) is 0 Å². The van der Waals surface area contributed by atoms with Crippen LogP contribution in [0.3, 0.4) is 0 Å². The zero-order valence-electron chi connectivity index (χ0n) is 21.0. The highest BCUT2D eigenvalue weighted by molar-refractivity contribution is 7.91. The van der Waals surface area contributed by atoms with Crippen LogP contribution in [-0.4, -0.2) is 50.2 Å². The van der Waals surface area contributed by atoms with Gasteiger partial charge in [-0.05, 0) is 59.7 Å². The number of hydrogen-bond donors (Lipinski definition) is 5. The smallest absolute Gasteiger partial charge is 0.327 e. The number of urea groups is 1. The van der Waals surface area contributed by atoms with E-state index in [1.165, 1.54) is 0 Å². The molecule has 38 heavy (non-hydrogen) atoms. The lowest BCUT2D eigenvalue weighted by molar-refractivity contribution is 0.130. The van der Waals surface area contributed by atoms with Gasteiger partial charge in [-0.2, -0.15) is 8.42 Å². The van der Waals surface area contributed by atoms with Gasteiger partial charge in [-0.1, -0.05) is 24.3 Å². The van der Waals surface area contributed by atoms with E-state index in [0.717, 1.165) is 41.0 Å². The Bertz CT molecular complexity index is 1470. The summed E-state index contributed by atoms with van der Waals surface area (Å²) in [4.78, 5) is 13.5. The molecule has 11 nitrogen and oxygen atoms in total. The summed E-state index contributed by atoms with van der Waals surface area (Å²) in [6.45, 7) is 3.20. The number of nitrogens with one attached hydrogen (secondary N) is 3. The molecular weight excluding hydrogens is 506 g/mol. The molecule has 12 heteroatoms. The van der Waals surface area contributed by atoms with Crippen LogP contribution in [0.2, 0.25) is 0 Å². The van der Waals surface area contributed by atoms with Gasteiger partial charge in [0, 0.05) is 31.5 Å². The van der Waals surface area contributed by atoms with Gasteiger partial charge in [0.05, 0.1) is 18.1 Å². The zero-order chi connectivity index (χ0) is 27.4. The van der Waals surface area contributed by atoms with E-state index < -0.39 is 16.2 Å². The third-order valence-corrected chi connectivity index (χ3v) is 7.78. The van der Waals surface area contributed by atoms with E-state index in [0.29, 0.717) is 28.4 Å². The van der Waals surface area contributed by atoms with Gasteiger partial charge in [-0.15, -0.1) is 0 Å². The fraction of sp³-hybridized carbons (Fsp3) is 0.269. The summed E-state index contributed by atoms with van der Waals surface area (Å²) in [6.07, 6.45) is 1.58. The molecule has 1 aliphatic rings. The standard InChI is InChI=1S/C26H31N7O4S/c1-17(27)32-12-10-24(11-13-32)37-23-8-6-22(7-9-23)33(38(35,36)31-26(30)34)16-18-2-3-19-4-5-20(25(28)29)15-21(19)14-18/h2-9,14-15,24,27H,10-13,16H2,1H3,(H3,28,29)(H3,30,31,34). The maximum absolute atomic E-state index is 13.1. The van der Waals surface area contributed by atoms with E-state index in [-0.39, 0.29) is 18.5 Å². The first-order chi connectivity index (χ1) is 18.0. The van der Waals surface area contributed by atoms with Crippen molar-refractivity contribution < 1.29 is 17.9 Å². The summed E-state index contributed by atoms with van der Waals surface area (Å²) in [5, 5.41) is 17.1. The van der Waals surface area contributed by atoms with E-state index >= 15 is 0 Å². The molecule has 4 rings (SSSR count). The predicted octanol–water partition coefficient (Wildman–Crippen LogP) is 2.88. The van der Waals surface area contributed by atoms with Gasteiger partial charge in [0.1, 0.15) is 17.7 Å². The van der Waals surface area contributed by atoms with Crippen molar-refractivity contribution in [2.45, 2.75) is 32.4 Å².